The van der Waals surface area contributed by atoms with Crippen molar-refractivity contribution in [2.45, 2.75) is 25.7 Å². The summed E-state index contributed by atoms with van der Waals surface area (Å²) in [6, 6.07) is 6.64. The van der Waals surface area contributed by atoms with Crippen molar-refractivity contribution in [2.75, 3.05) is 13.1 Å². The molecule has 4 heteroatoms. The lowest BCUT2D eigenvalue weighted by atomic mass is 9.96. The van der Waals surface area contributed by atoms with Crippen molar-refractivity contribution in [1.29, 1.82) is 0 Å². The van der Waals surface area contributed by atoms with E-state index >= 15 is 0 Å². The summed E-state index contributed by atoms with van der Waals surface area (Å²) >= 11 is 0. The molecule has 22 heavy (non-hydrogen) atoms. The average Bonchev–Trinajstić information content (AvgIpc) is 2.69. The minimum atomic E-state index is 0.0102. The van der Waals surface area contributed by atoms with Crippen LogP contribution in [0, 0.1) is 0 Å². The summed E-state index contributed by atoms with van der Waals surface area (Å²) in [5.41, 5.74) is 8.94. The van der Waals surface area contributed by atoms with Crippen LogP contribution in [-0.4, -0.2) is 29.6 Å². The first kappa shape index (κ1) is 13.3. The smallest absolute Gasteiger partial charge is 0.240 e. The number of hydrogen-bond donors (Lipinski definition) is 1. The van der Waals surface area contributed by atoms with Gasteiger partial charge in [0.15, 0.2) is 0 Å². The first-order chi connectivity index (χ1) is 10.8. The summed E-state index contributed by atoms with van der Waals surface area (Å²) < 4.78 is 0. The quantitative estimate of drug-likeness (QED) is 0.908. The average molecular weight is 293 g/mol. The number of allylic oxidation sites excluding steroid dienone is 3. The molecule has 0 unspecified atom stereocenters. The van der Waals surface area contributed by atoms with Crippen molar-refractivity contribution in [2.24, 2.45) is 5.10 Å². The molecule has 1 aliphatic carbocycles. The van der Waals surface area contributed by atoms with Crippen LogP contribution in [0.2, 0.25) is 0 Å². The van der Waals surface area contributed by atoms with E-state index in [1.807, 2.05) is 0 Å². The SMILES string of the molecule is O=C1CCC(c2ccc3c(c2)CCN(C2=CC=C2)CC3)=NN1. The van der Waals surface area contributed by atoms with Crippen LogP contribution < -0.4 is 5.43 Å². The highest BCUT2D eigenvalue weighted by molar-refractivity contribution is 6.04. The van der Waals surface area contributed by atoms with E-state index in [4.69, 9.17) is 0 Å². The molecule has 4 rings (SSSR count). The molecule has 0 fully saturated rings. The van der Waals surface area contributed by atoms with E-state index in [-0.39, 0.29) is 5.91 Å². The Kier molecular flexibility index (Phi) is 3.29. The van der Waals surface area contributed by atoms with Crippen molar-refractivity contribution in [3.63, 3.8) is 0 Å². The van der Waals surface area contributed by atoms with Gasteiger partial charge in [-0.3, -0.25) is 4.79 Å². The molecule has 3 aliphatic rings. The first-order valence-corrected chi connectivity index (χ1v) is 7.90. The van der Waals surface area contributed by atoms with Crippen molar-refractivity contribution in [3.05, 3.63) is 58.8 Å². The second kappa shape index (κ2) is 5.44. The summed E-state index contributed by atoms with van der Waals surface area (Å²) in [4.78, 5) is 13.7. The molecule has 1 aromatic carbocycles. The number of benzene rings is 1. The Bertz CT molecular complexity index is 715. The summed E-state index contributed by atoms with van der Waals surface area (Å²) in [6.07, 6.45) is 9.87. The van der Waals surface area contributed by atoms with Crippen LogP contribution >= 0.6 is 0 Å². The third-order valence-electron chi connectivity index (χ3n) is 4.65. The molecule has 0 aromatic heterocycles. The van der Waals surface area contributed by atoms with Crippen molar-refractivity contribution in [1.82, 2.24) is 10.3 Å². The van der Waals surface area contributed by atoms with E-state index in [1.165, 1.54) is 16.8 Å². The number of nitrogens with one attached hydrogen (secondary N) is 1. The Balaban J connectivity index is 1.55. The lowest BCUT2D eigenvalue weighted by Gasteiger charge is -2.26. The van der Waals surface area contributed by atoms with E-state index in [0.29, 0.717) is 6.42 Å². The van der Waals surface area contributed by atoms with Gasteiger partial charge in [-0.05, 0) is 47.8 Å². The normalized spacial score (nSPS) is 20.4. The number of carbonyl (C=O) groups excluding carboxylic acids is 1. The Morgan fingerprint density at radius 2 is 1.86 bits per heavy atom. The van der Waals surface area contributed by atoms with Gasteiger partial charge in [-0.1, -0.05) is 18.2 Å². The fraction of sp³-hybridized carbons (Fsp3) is 0.333. The third kappa shape index (κ3) is 2.45. The van der Waals surface area contributed by atoms with E-state index in [9.17, 15) is 4.79 Å². The number of carbonyl (C=O) groups is 1. The zero-order chi connectivity index (χ0) is 14.9. The van der Waals surface area contributed by atoms with Gasteiger partial charge in [0.25, 0.3) is 0 Å². The molecule has 2 aliphatic heterocycles. The molecular formula is C18H19N3O. The van der Waals surface area contributed by atoms with Crippen LogP contribution in [0.3, 0.4) is 0 Å². The molecular weight excluding hydrogens is 274 g/mol. The molecule has 4 nitrogen and oxygen atoms in total. The van der Waals surface area contributed by atoms with Gasteiger partial charge in [-0.15, -0.1) is 0 Å². The molecule has 1 N–H and O–H groups in total. The summed E-state index contributed by atoms with van der Waals surface area (Å²) in [5.74, 6) is 0.0102. The Morgan fingerprint density at radius 1 is 1.05 bits per heavy atom. The van der Waals surface area contributed by atoms with Gasteiger partial charge in [-0.2, -0.15) is 5.10 Å². The summed E-state index contributed by atoms with van der Waals surface area (Å²) in [5, 5.41) is 4.21. The fourth-order valence-electron chi connectivity index (χ4n) is 3.24. The molecule has 0 saturated carbocycles. The lowest BCUT2D eigenvalue weighted by molar-refractivity contribution is -0.121. The maximum atomic E-state index is 11.2. The minimum Gasteiger partial charge on any atom is -0.371 e. The fourth-order valence-corrected chi connectivity index (χ4v) is 3.24. The molecule has 0 bridgehead atoms. The van der Waals surface area contributed by atoms with E-state index in [1.54, 1.807) is 0 Å². The number of fused-ring (bicyclic) bond motifs is 1. The van der Waals surface area contributed by atoms with Crippen LogP contribution in [0.4, 0.5) is 0 Å². The summed E-state index contributed by atoms with van der Waals surface area (Å²) in [7, 11) is 0. The van der Waals surface area contributed by atoms with Crippen molar-refractivity contribution in [3.8, 4) is 0 Å². The standard InChI is InChI=1S/C18H19N3O/c22-18-7-6-17(19-20-18)15-5-4-13-8-10-21(16-2-1-3-16)11-9-14(13)12-15/h1-5,12H,6-11H2,(H,20,22). The lowest BCUT2D eigenvalue weighted by Crippen LogP contribution is -2.26. The maximum Gasteiger partial charge on any atom is 0.240 e. The van der Waals surface area contributed by atoms with Gasteiger partial charge in [0, 0.05) is 31.6 Å². The van der Waals surface area contributed by atoms with Crippen LogP contribution in [0.15, 0.2) is 47.2 Å². The second-order valence-corrected chi connectivity index (χ2v) is 6.01. The van der Waals surface area contributed by atoms with Gasteiger partial charge < -0.3 is 4.90 Å². The predicted molar refractivity (Wildman–Crippen MR) is 86.6 cm³/mol. The Hall–Kier alpha value is -2.36. The van der Waals surface area contributed by atoms with E-state index in [0.717, 1.165) is 43.6 Å². The highest BCUT2D eigenvalue weighted by Crippen LogP contribution is 2.23. The molecule has 0 radical (unpaired) electrons. The summed E-state index contributed by atoms with van der Waals surface area (Å²) in [6.45, 7) is 2.15. The zero-order valence-electron chi connectivity index (χ0n) is 12.5. The van der Waals surface area contributed by atoms with Crippen LogP contribution in [0.1, 0.15) is 29.5 Å². The van der Waals surface area contributed by atoms with Crippen LogP contribution in [0.5, 0.6) is 0 Å². The minimum absolute atomic E-state index is 0.0102. The predicted octanol–water partition coefficient (Wildman–Crippen LogP) is 2.16. The van der Waals surface area contributed by atoms with Crippen molar-refractivity contribution < 1.29 is 4.79 Å². The van der Waals surface area contributed by atoms with Gasteiger partial charge >= 0.3 is 0 Å². The Morgan fingerprint density at radius 3 is 2.55 bits per heavy atom. The third-order valence-corrected chi connectivity index (χ3v) is 4.65. The maximum absolute atomic E-state index is 11.2. The molecule has 1 aromatic rings. The second-order valence-electron chi connectivity index (χ2n) is 6.01. The number of rotatable bonds is 2. The van der Waals surface area contributed by atoms with Gasteiger partial charge in [-0.25, -0.2) is 5.43 Å². The zero-order valence-corrected chi connectivity index (χ0v) is 12.5. The van der Waals surface area contributed by atoms with Gasteiger partial charge in [0.05, 0.1) is 5.71 Å². The number of amides is 1. The number of hydrogen-bond acceptors (Lipinski definition) is 3. The first-order valence-electron chi connectivity index (χ1n) is 7.90. The van der Waals surface area contributed by atoms with Gasteiger partial charge in [0.2, 0.25) is 5.91 Å². The molecule has 0 atom stereocenters. The molecule has 0 saturated heterocycles. The van der Waals surface area contributed by atoms with Crippen LogP contribution in [-0.2, 0) is 17.6 Å². The molecule has 1 amide bonds. The van der Waals surface area contributed by atoms with E-state index in [2.05, 4.69) is 51.9 Å². The van der Waals surface area contributed by atoms with Crippen LogP contribution in [0.25, 0.3) is 0 Å². The molecule has 2 heterocycles. The highest BCUT2D eigenvalue weighted by atomic mass is 16.2. The van der Waals surface area contributed by atoms with E-state index < -0.39 is 0 Å². The number of nitrogens with zero attached hydrogens (tertiary/aromatic N) is 2. The molecule has 0 spiro atoms. The number of hydrazone groups is 1. The monoisotopic (exact) mass is 293 g/mol. The Labute approximate surface area is 130 Å². The van der Waals surface area contributed by atoms with Crippen molar-refractivity contribution >= 4 is 11.6 Å². The van der Waals surface area contributed by atoms with Gasteiger partial charge in [0.1, 0.15) is 0 Å². The highest BCUT2D eigenvalue weighted by Gasteiger charge is 2.18. The largest absolute Gasteiger partial charge is 0.371 e. The topological polar surface area (TPSA) is 44.7 Å². The molecule has 112 valence electrons.